The zero-order valence-electron chi connectivity index (χ0n) is 13.4. The van der Waals surface area contributed by atoms with Crippen molar-refractivity contribution in [1.82, 2.24) is 5.32 Å². The molecule has 0 saturated heterocycles. The van der Waals surface area contributed by atoms with Crippen LogP contribution >= 0.6 is 0 Å². The van der Waals surface area contributed by atoms with Crippen LogP contribution in [0.2, 0.25) is 0 Å². The van der Waals surface area contributed by atoms with Crippen molar-refractivity contribution in [1.29, 1.82) is 0 Å². The molecule has 0 aliphatic carbocycles. The number of carbonyl (C=O) groups excluding carboxylic acids is 1. The molecule has 0 rings (SSSR count). The molecule has 0 heterocycles. The van der Waals surface area contributed by atoms with Crippen LogP contribution in [0.5, 0.6) is 0 Å². The smallest absolute Gasteiger partial charge is 0.319 e. The third-order valence-corrected chi connectivity index (χ3v) is 3.60. The molecule has 0 bridgehead atoms. The quantitative estimate of drug-likeness (QED) is 0.430. The highest BCUT2D eigenvalue weighted by molar-refractivity contribution is 5.71. The first-order chi connectivity index (χ1) is 9.08. The lowest BCUT2D eigenvalue weighted by atomic mass is 9.89. The van der Waals surface area contributed by atoms with E-state index in [0.717, 1.165) is 19.3 Å². The molecule has 114 valence electrons. The first-order valence-electron chi connectivity index (χ1n) is 7.98. The van der Waals surface area contributed by atoms with E-state index in [1.54, 1.807) is 0 Å². The predicted octanol–water partition coefficient (Wildman–Crippen LogP) is 4.06. The average Bonchev–Trinajstić information content (AvgIpc) is 2.37. The molecule has 0 amide bonds. The summed E-state index contributed by atoms with van der Waals surface area (Å²) in [6.45, 7) is 9.30. The van der Waals surface area contributed by atoms with Crippen LogP contribution < -0.4 is 5.32 Å². The Morgan fingerprint density at radius 2 is 1.68 bits per heavy atom. The lowest BCUT2D eigenvalue weighted by Gasteiger charge is -2.30. The normalized spacial score (nSPS) is 14.1. The van der Waals surface area contributed by atoms with Crippen molar-refractivity contribution in [2.24, 2.45) is 0 Å². The second-order valence-electron chi connectivity index (χ2n) is 5.63. The van der Waals surface area contributed by atoms with E-state index in [9.17, 15) is 4.79 Å². The summed E-state index contributed by atoms with van der Waals surface area (Å²) in [5.41, 5.74) is 0.0771. The Balaban J connectivity index is 3.99. The van der Waals surface area contributed by atoms with Gasteiger partial charge < -0.3 is 10.1 Å². The summed E-state index contributed by atoms with van der Waals surface area (Å²) in [6, 6.07) is 0. The molecule has 1 N–H and O–H groups in total. The number of rotatable bonds is 12. The number of nitrogens with one attached hydrogen (secondary N) is 1. The summed E-state index contributed by atoms with van der Waals surface area (Å²) >= 11 is 0. The summed E-state index contributed by atoms with van der Waals surface area (Å²) in [5, 5.41) is 3.40. The van der Waals surface area contributed by atoms with Gasteiger partial charge in [0, 0.05) is 5.54 Å². The van der Waals surface area contributed by atoms with Gasteiger partial charge in [-0.25, -0.2) is 0 Å². The van der Waals surface area contributed by atoms with Gasteiger partial charge in [-0.15, -0.1) is 0 Å². The van der Waals surface area contributed by atoms with E-state index in [1.165, 1.54) is 32.1 Å². The molecule has 19 heavy (non-hydrogen) atoms. The van der Waals surface area contributed by atoms with Crippen LogP contribution in [0.3, 0.4) is 0 Å². The minimum Gasteiger partial charge on any atom is -0.465 e. The molecule has 0 aliphatic rings. The second kappa shape index (κ2) is 11.3. The van der Waals surface area contributed by atoms with Crippen molar-refractivity contribution < 1.29 is 9.53 Å². The minimum atomic E-state index is -0.143. The van der Waals surface area contributed by atoms with Gasteiger partial charge in [-0.3, -0.25) is 4.79 Å². The molecule has 3 nitrogen and oxygen atoms in total. The molecule has 1 atom stereocenters. The Kier molecular flexibility index (Phi) is 10.9. The molecular weight excluding hydrogens is 238 g/mol. The Morgan fingerprint density at radius 3 is 2.26 bits per heavy atom. The lowest BCUT2D eigenvalue weighted by molar-refractivity contribution is -0.142. The summed E-state index contributed by atoms with van der Waals surface area (Å²) in [7, 11) is 0. The highest BCUT2D eigenvalue weighted by Crippen LogP contribution is 2.21. The third kappa shape index (κ3) is 9.94. The molecule has 0 aromatic heterocycles. The SMILES string of the molecule is CCCCCCCC(C)(CCC)NCC(=O)OCC. The monoisotopic (exact) mass is 271 g/mol. The van der Waals surface area contributed by atoms with Crippen LogP contribution in [0.4, 0.5) is 0 Å². The Hall–Kier alpha value is -0.570. The van der Waals surface area contributed by atoms with Crippen molar-refractivity contribution in [3.05, 3.63) is 0 Å². The van der Waals surface area contributed by atoms with E-state index in [4.69, 9.17) is 4.74 Å². The first kappa shape index (κ1) is 18.4. The van der Waals surface area contributed by atoms with Crippen LogP contribution in [-0.4, -0.2) is 24.7 Å². The Morgan fingerprint density at radius 1 is 1.00 bits per heavy atom. The maximum absolute atomic E-state index is 11.4. The number of hydrogen-bond acceptors (Lipinski definition) is 3. The van der Waals surface area contributed by atoms with Crippen LogP contribution in [-0.2, 0) is 9.53 Å². The molecule has 0 aromatic carbocycles. The summed E-state index contributed by atoms with van der Waals surface area (Å²) in [5.74, 6) is -0.143. The van der Waals surface area contributed by atoms with Crippen LogP contribution in [0.15, 0.2) is 0 Å². The zero-order valence-corrected chi connectivity index (χ0v) is 13.4. The predicted molar refractivity (Wildman–Crippen MR) is 81.3 cm³/mol. The highest BCUT2D eigenvalue weighted by Gasteiger charge is 2.23. The maximum Gasteiger partial charge on any atom is 0.319 e. The first-order valence-corrected chi connectivity index (χ1v) is 7.98. The van der Waals surface area contributed by atoms with E-state index < -0.39 is 0 Å². The van der Waals surface area contributed by atoms with Gasteiger partial charge in [-0.05, 0) is 26.7 Å². The number of unbranched alkanes of at least 4 members (excludes halogenated alkanes) is 4. The fourth-order valence-corrected chi connectivity index (χ4v) is 2.47. The molecular formula is C16H33NO2. The molecule has 0 radical (unpaired) electrons. The number of carbonyl (C=O) groups is 1. The summed E-state index contributed by atoms with van der Waals surface area (Å²) < 4.78 is 4.97. The van der Waals surface area contributed by atoms with Gasteiger partial charge in [0.15, 0.2) is 0 Å². The molecule has 1 unspecified atom stereocenters. The Labute approximate surface area is 119 Å². The van der Waals surface area contributed by atoms with Gasteiger partial charge in [0.25, 0.3) is 0 Å². The van der Waals surface area contributed by atoms with Crippen molar-refractivity contribution in [2.75, 3.05) is 13.2 Å². The lowest BCUT2D eigenvalue weighted by Crippen LogP contribution is -2.45. The fourth-order valence-electron chi connectivity index (χ4n) is 2.47. The fraction of sp³-hybridized carbons (Fsp3) is 0.938. The topological polar surface area (TPSA) is 38.3 Å². The number of ether oxygens (including phenoxy) is 1. The van der Waals surface area contributed by atoms with E-state index in [-0.39, 0.29) is 11.5 Å². The van der Waals surface area contributed by atoms with Gasteiger partial charge in [-0.1, -0.05) is 52.4 Å². The van der Waals surface area contributed by atoms with Gasteiger partial charge in [0.1, 0.15) is 0 Å². The van der Waals surface area contributed by atoms with E-state index >= 15 is 0 Å². The Bertz CT molecular complexity index is 231. The average molecular weight is 271 g/mol. The zero-order chi connectivity index (χ0) is 14.6. The van der Waals surface area contributed by atoms with Crippen molar-refractivity contribution >= 4 is 5.97 Å². The minimum absolute atomic E-state index is 0.0771. The van der Waals surface area contributed by atoms with E-state index in [1.807, 2.05) is 6.92 Å². The van der Waals surface area contributed by atoms with E-state index in [0.29, 0.717) is 13.2 Å². The highest BCUT2D eigenvalue weighted by atomic mass is 16.5. The molecule has 0 aliphatic heterocycles. The molecule has 0 spiro atoms. The van der Waals surface area contributed by atoms with Crippen LogP contribution in [0.25, 0.3) is 0 Å². The van der Waals surface area contributed by atoms with Gasteiger partial charge in [0.05, 0.1) is 13.2 Å². The summed E-state index contributed by atoms with van der Waals surface area (Å²) in [4.78, 5) is 11.4. The molecule has 0 saturated carbocycles. The standard InChI is InChI=1S/C16H33NO2/c1-5-8-9-10-11-13-16(4,12-6-2)17-14-15(18)19-7-3/h17H,5-14H2,1-4H3. The number of esters is 1. The summed E-state index contributed by atoms with van der Waals surface area (Å²) in [6.07, 6.45) is 9.89. The molecule has 3 heteroatoms. The maximum atomic E-state index is 11.4. The van der Waals surface area contributed by atoms with Crippen molar-refractivity contribution in [3.8, 4) is 0 Å². The van der Waals surface area contributed by atoms with Crippen LogP contribution in [0, 0.1) is 0 Å². The second-order valence-corrected chi connectivity index (χ2v) is 5.63. The van der Waals surface area contributed by atoms with Gasteiger partial charge >= 0.3 is 5.97 Å². The third-order valence-electron chi connectivity index (χ3n) is 3.60. The van der Waals surface area contributed by atoms with Crippen LogP contribution in [0.1, 0.15) is 79.1 Å². The van der Waals surface area contributed by atoms with Crippen molar-refractivity contribution in [2.45, 2.75) is 84.6 Å². The molecule has 0 aromatic rings. The van der Waals surface area contributed by atoms with E-state index in [2.05, 4.69) is 26.1 Å². The van der Waals surface area contributed by atoms with Crippen molar-refractivity contribution in [3.63, 3.8) is 0 Å². The molecule has 0 fully saturated rings. The van der Waals surface area contributed by atoms with Gasteiger partial charge in [-0.2, -0.15) is 0 Å². The van der Waals surface area contributed by atoms with Gasteiger partial charge in [0.2, 0.25) is 0 Å². The largest absolute Gasteiger partial charge is 0.465 e. The number of hydrogen-bond donors (Lipinski definition) is 1.